The standard InChI is InChI=1S/C25H47N7O7/c1-13(2)12-18(23(36)30-17(25(38)39)9-10-19(28)33)31-22(35)16(8-6-7-11-26)29-24(37)20(14(3)4)32-21(34)15(5)27/h13-18,20H,6-12,26-27H2,1-5H3,(H2,28,33)(H,29,37)(H,30,36)(H,31,35)(H,32,34)(H,38,39)/t15-,16-,17-,18-,20-/m0/s1. The Hall–Kier alpha value is -3.26. The topological polar surface area (TPSA) is 249 Å². The van der Waals surface area contributed by atoms with Gasteiger partial charge in [-0.25, -0.2) is 4.79 Å². The van der Waals surface area contributed by atoms with E-state index in [9.17, 15) is 33.9 Å². The van der Waals surface area contributed by atoms with Crippen molar-refractivity contribution in [2.45, 2.75) is 103 Å². The van der Waals surface area contributed by atoms with Crippen LogP contribution in [0.3, 0.4) is 0 Å². The zero-order valence-corrected chi connectivity index (χ0v) is 23.6. The Morgan fingerprint density at radius 3 is 1.72 bits per heavy atom. The molecule has 0 unspecified atom stereocenters. The van der Waals surface area contributed by atoms with Crippen LogP contribution in [0.15, 0.2) is 0 Å². The number of unbranched alkanes of at least 4 members (excludes halogenated alkanes) is 1. The number of rotatable bonds is 19. The fourth-order valence-electron chi connectivity index (χ4n) is 3.63. The summed E-state index contributed by atoms with van der Waals surface area (Å²) in [6.07, 6.45) is 1.04. The fourth-order valence-corrected chi connectivity index (χ4v) is 3.63. The molecule has 0 aromatic rings. The van der Waals surface area contributed by atoms with E-state index in [-0.39, 0.29) is 37.5 Å². The summed E-state index contributed by atoms with van der Waals surface area (Å²) in [6.45, 7) is 8.97. The molecule has 0 radical (unpaired) electrons. The number of carbonyl (C=O) groups excluding carboxylic acids is 5. The molecule has 14 heteroatoms. The molecule has 0 aromatic carbocycles. The first-order chi connectivity index (χ1) is 18.1. The maximum absolute atomic E-state index is 13.3. The molecule has 0 aliphatic rings. The Morgan fingerprint density at radius 2 is 1.26 bits per heavy atom. The Kier molecular flexibility index (Phi) is 16.6. The quantitative estimate of drug-likeness (QED) is 0.0855. The van der Waals surface area contributed by atoms with Gasteiger partial charge in [0.05, 0.1) is 6.04 Å². The van der Waals surface area contributed by atoms with Gasteiger partial charge < -0.3 is 43.6 Å². The summed E-state index contributed by atoms with van der Waals surface area (Å²) >= 11 is 0. The summed E-state index contributed by atoms with van der Waals surface area (Å²) in [5, 5.41) is 19.7. The number of carboxylic acid groups (broad SMARTS) is 1. The number of hydrogen-bond acceptors (Lipinski definition) is 8. The van der Waals surface area contributed by atoms with Crippen molar-refractivity contribution in [2.24, 2.45) is 29.0 Å². The van der Waals surface area contributed by atoms with Gasteiger partial charge in [-0.15, -0.1) is 0 Å². The third-order valence-electron chi connectivity index (χ3n) is 5.87. The van der Waals surface area contributed by atoms with E-state index in [0.29, 0.717) is 19.4 Å². The number of aliphatic carboxylic acids is 1. The molecule has 39 heavy (non-hydrogen) atoms. The Morgan fingerprint density at radius 1 is 0.718 bits per heavy atom. The van der Waals surface area contributed by atoms with Gasteiger partial charge in [-0.05, 0) is 57.4 Å². The summed E-state index contributed by atoms with van der Waals surface area (Å²) in [5.41, 5.74) is 16.3. The van der Waals surface area contributed by atoms with Crippen LogP contribution in [0.4, 0.5) is 0 Å². The molecule has 14 nitrogen and oxygen atoms in total. The van der Waals surface area contributed by atoms with Crippen LogP contribution < -0.4 is 38.5 Å². The molecule has 0 fully saturated rings. The van der Waals surface area contributed by atoms with Crippen molar-refractivity contribution < 1.29 is 33.9 Å². The summed E-state index contributed by atoms with van der Waals surface area (Å²) in [4.78, 5) is 74.2. The van der Waals surface area contributed by atoms with E-state index in [1.165, 1.54) is 6.92 Å². The van der Waals surface area contributed by atoms with Crippen LogP contribution in [0.1, 0.15) is 73.1 Å². The van der Waals surface area contributed by atoms with Gasteiger partial charge in [-0.1, -0.05) is 27.7 Å². The van der Waals surface area contributed by atoms with Crippen molar-refractivity contribution in [2.75, 3.05) is 6.54 Å². The Bertz CT molecular complexity index is 849. The highest BCUT2D eigenvalue weighted by molar-refractivity contribution is 5.95. The minimum Gasteiger partial charge on any atom is -0.480 e. The molecular formula is C25H47N7O7. The molecule has 11 N–H and O–H groups in total. The normalized spacial score (nSPS) is 15.0. The molecule has 224 valence electrons. The lowest BCUT2D eigenvalue weighted by molar-refractivity contribution is -0.142. The molecular weight excluding hydrogens is 510 g/mol. The molecule has 0 spiro atoms. The van der Waals surface area contributed by atoms with Gasteiger partial charge in [0.25, 0.3) is 0 Å². The van der Waals surface area contributed by atoms with E-state index in [0.717, 1.165) is 0 Å². The molecule has 0 saturated carbocycles. The molecule has 5 atom stereocenters. The van der Waals surface area contributed by atoms with E-state index < -0.39 is 65.7 Å². The third-order valence-corrected chi connectivity index (χ3v) is 5.87. The van der Waals surface area contributed by atoms with Crippen LogP contribution in [0.5, 0.6) is 0 Å². The fraction of sp³-hybridized carbons (Fsp3) is 0.760. The lowest BCUT2D eigenvalue weighted by atomic mass is 10.00. The molecule has 0 aromatic heterocycles. The maximum atomic E-state index is 13.3. The van der Waals surface area contributed by atoms with Crippen molar-refractivity contribution >= 4 is 35.5 Å². The van der Waals surface area contributed by atoms with Crippen molar-refractivity contribution in [3.63, 3.8) is 0 Å². The van der Waals surface area contributed by atoms with Crippen molar-refractivity contribution in [3.05, 3.63) is 0 Å². The predicted molar refractivity (Wildman–Crippen MR) is 145 cm³/mol. The second-order valence-electron chi connectivity index (χ2n) is 10.5. The number of primary amides is 1. The number of nitrogens with two attached hydrogens (primary N) is 3. The first kappa shape index (κ1) is 35.7. The summed E-state index contributed by atoms with van der Waals surface area (Å²) in [6, 6.07) is -5.33. The van der Waals surface area contributed by atoms with Crippen LogP contribution in [0.2, 0.25) is 0 Å². The number of hydrogen-bond donors (Lipinski definition) is 8. The van der Waals surface area contributed by atoms with E-state index in [4.69, 9.17) is 17.2 Å². The van der Waals surface area contributed by atoms with E-state index in [2.05, 4.69) is 21.3 Å². The molecule has 0 aliphatic heterocycles. The van der Waals surface area contributed by atoms with E-state index in [1.54, 1.807) is 13.8 Å². The first-order valence-electron chi connectivity index (χ1n) is 13.3. The van der Waals surface area contributed by atoms with Crippen LogP contribution in [-0.4, -0.2) is 77.4 Å². The van der Waals surface area contributed by atoms with Crippen LogP contribution in [0, 0.1) is 11.8 Å². The van der Waals surface area contributed by atoms with Crippen LogP contribution >= 0.6 is 0 Å². The lowest BCUT2D eigenvalue weighted by Crippen LogP contribution is -2.59. The molecule has 5 amide bonds. The monoisotopic (exact) mass is 557 g/mol. The molecule has 0 aliphatic carbocycles. The SMILES string of the molecule is CC(C)C[C@H](NC(=O)[C@H](CCCCN)NC(=O)[C@@H](NC(=O)[C@H](C)N)C(C)C)C(=O)N[C@@H](CCC(N)=O)C(=O)O. The second-order valence-corrected chi connectivity index (χ2v) is 10.5. The van der Waals surface area contributed by atoms with Crippen LogP contribution in [0.25, 0.3) is 0 Å². The molecule has 0 heterocycles. The van der Waals surface area contributed by atoms with Crippen molar-refractivity contribution in [1.29, 1.82) is 0 Å². The highest BCUT2D eigenvalue weighted by Crippen LogP contribution is 2.10. The number of carboxylic acids is 1. The minimum atomic E-state index is -1.38. The zero-order chi connectivity index (χ0) is 30.3. The predicted octanol–water partition coefficient (Wildman–Crippen LogP) is -1.55. The van der Waals surface area contributed by atoms with E-state index in [1.807, 2.05) is 13.8 Å². The molecule has 0 saturated heterocycles. The van der Waals surface area contributed by atoms with Gasteiger partial charge in [0.2, 0.25) is 29.5 Å². The largest absolute Gasteiger partial charge is 0.480 e. The van der Waals surface area contributed by atoms with Gasteiger partial charge in [0.1, 0.15) is 24.2 Å². The number of nitrogens with one attached hydrogen (secondary N) is 4. The average molecular weight is 558 g/mol. The summed E-state index contributed by atoms with van der Waals surface area (Å²) in [5.74, 6) is -4.93. The second kappa shape index (κ2) is 18.1. The number of carbonyl (C=O) groups is 6. The summed E-state index contributed by atoms with van der Waals surface area (Å²) < 4.78 is 0. The molecule has 0 rings (SSSR count). The Balaban J connectivity index is 5.78. The highest BCUT2D eigenvalue weighted by atomic mass is 16.4. The third kappa shape index (κ3) is 14.5. The molecule has 0 bridgehead atoms. The van der Waals surface area contributed by atoms with Crippen molar-refractivity contribution in [1.82, 2.24) is 21.3 Å². The Labute approximate surface area is 229 Å². The van der Waals surface area contributed by atoms with Gasteiger partial charge in [0.15, 0.2) is 0 Å². The van der Waals surface area contributed by atoms with Gasteiger partial charge >= 0.3 is 5.97 Å². The van der Waals surface area contributed by atoms with Gasteiger partial charge in [-0.2, -0.15) is 0 Å². The minimum absolute atomic E-state index is 0.0565. The van der Waals surface area contributed by atoms with E-state index >= 15 is 0 Å². The highest BCUT2D eigenvalue weighted by Gasteiger charge is 2.32. The van der Waals surface area contributed by atoms with Crippen LogP contribution in [-0.2, 0) is 28.8 Å². The number of amides is 5. The summed E-state index contributed by atoms with van der Waals surface area (Å²) in [7, 11) is 0. The maximum Gasteiger partial charge on any atom is 0.326 e. The zero-order valence-electron chi connectivity index (χ0n) is 23.6. The van der Waals surface area contributed by atoms with Crippen molar-refractivity contribution in [3.8, 4) is 0 Å². The smallest absolute Gasteiger partial charge is 0.326 e. The van der Waals surface area contributed by atoms with Gasteiger partial charge in [-0.3, -0.25) is 24.0 Å². The lowest BCUT2D eigenvalue weighted by Gasteiger charge is -2.28. The van der Waals surface area contributed by atoms with Gasteiger partial charge in [0, 0.05) is 6.42 Å². The average Bonchev–Trinajstić information content (AvgIpc) is 2.82. The first-order valence-corrected chi connectivity index (χ1v) is 13.3.